The highest BCUT2D eigenvalue weighted by molar-refractivity contribution is 4.72. The number of rotatable bonds is 5. The average molecular weight is 185 g/mol. The molecule has 1 saturated heterocycles. The minimum atomic E-state index is 0.612. The molecule has 0 spiro atoms. The van der Waals surface area contributed by atoms with Crippen molar-refractivity contribution in [2.24, 2.45) is 5.92 Å². The van der Waals surface area contributed by atoms with Crippen molar-refractivity contribution in [3.63, 3.8) is 0 Å². The first-order chi connectivity index (χ1) is 6.20. The van der Waals surface area contributed by atoms with E-state index in [2.05, 4.69) is 25.7 Å². The zero-order valence-electron chi connectivity index (χ0n) is 9.25. The van der Waals surface area contributed by atoms with Crippen LogP contribution in [0.1, 0.15) is 33.6 Å². The summed E-state index contributed by atoms with van der Waals surface area (Å²) < 4.78 is 5.63. The van der Waals surface area contributed by atoms with Crippen molar-refractivity contribution < 1.29 is 4.74 Å². The van der Waals surface area contributed by atoms with Crippen molar-refractivity contribution in [3.05, 3.63) is 0 Å². The molecule has 0 N–H and O–H groups in total. The minimum Gasteiger partial charge on any atom is -0.380 e. The lowest BCUT2D eigenvalue weighted by Crippen LogP contribution is -2.34. The van der Waals surface area contributed by atoms with Crippen LogP contribution in [0.2, 0.25) is 0 Å². The van der Waals surface area contributed by atoms with Gasteiger partial charge in [-0.15, -0.1) is 0 Å². The second-order valence-corrected chi connectivity index (χ2v) is 4.52. The second-order valence-electron chi connectivity index (χ2n) is 4.52. The molecule has 0 radical (unpaired) electrons. The van der Waals surface area contributed by atoms with Gasteiger partial charge >= 0.3 is 0 Å². The van der Waals surface area contributed by atoms with Crippen LogP contribution >= 0.6 is 0 Å². The number of hydrogen-bond donors (Lipinski definition) is 0. The molecule has 0 aliphatic carbocycles. The number of ether oxygens (including phenoxy) is 1. The number of nitrogens with zero attached hydrogens (tertiary/aromatic N) is 1. The summed E-state index contributed by atoms with van der Waals surface area (Å²) in [6.07, 6.45) is 2.74. The molecule has 2 heteroatoms. The van der Waals surface area contributed by atoms with E-state index >= 15 is 0 Å². The molecule has 2 nitrogen and oxygen atoms in total. The lowest BCUT2D eigenvalue weighted by molar-refractivity contribution is 0.0610. The van der Waals surface area contributed by atoms with Gasteiger partial charge in [0.05, 0.1) is 6.61 Å². The van der Waals surface area contributed by atoms with Gasteiger partial charge < -0.3 is 4.74 Å². The van der Waals surface area contributed by atoms with E-state index in [1.807, 2.05) is 0 Å². The monoisotopic (exact) mass is 185 g/mol. The van der Waals surface area contributed by atoms with Gasteiger partial charge in [0.25, 0.3) is 0 Å². The summed E-state index contributed by atoms with van der Waals surface area (Å²) in [5.74, 6) is 0.658. The van der Waals surface area contributed by atoms with E-state index in [4.69, 9.17) is 4.74 Å². The van der Waals surface area contributed by atoms with Gasteiger partial charge in [0.2, 0.25) is 0 Å². The third-order valence-corrected chi connectivity index (χ3v) is 2.57. The lowest BCUT2D eigenvalue weighted by Gasteiger charge is -2.23. The van der Waals surface area contributed by atoms with Crippen LogP contribution in [0.5, 0.6) is 0 Å². The van der Waals surface area contributed by atoms with E-state index < -0.39 is 0 Å². The first-order valence-corrected chi connectivity index (χ1v) is 5.52. The molecule has 1 aliphatic rings. The van der Waals surface area contributed by atoms with Crippen molar-refractivity contribution in [1.29, 1.82) is 0 Å². The van der Waals surface area contributed by atoms with E-state index in [0.717, 1.165) is 13.2 Å². The van der Waals surface area contributed by atoms with Crippen molar-refractivity contribution in [3.8, 4) is 0 Å². The SMILES string of the molecule is CC(C)COCC(C)N1CCCC1. The third-order valence-electron chi connectivity index (χ3n) is 2.57. The molecule has 1 rings (SSSR count). The Morgan fingerprint density at radius 3 is 2.23 bits per heavy atom. The topological polar surface area (TPSA) is 12.5 Å². The summed E-state index contributed by atoms with van der Waals surface area (Å²) >= 11 is 0. The summed E-state index contributed by atoms with van der Waals surface area (Å²) in [7, 11) is 0. The van der Waals surface area contributed by atoms with Gasteiger partial charge in [0, 0.05) is 12.6 Å². The van der Waals surface area contributed by atoms with Crippen molar-refractivity contribution >= 4 is 0 Å². The second kappa shape index (κ2) is 5.61. The molecular weight excluding hydrogens is 162 g/mol. The molecule has 1 aliphatic heterocycles. The third kappa shape index (κ3) is 4.10. The van der Waals surface area contributed by atoms with E-state index in [1.165, 1.54) is 25.9 Å². The minimum absolute atomic E-state index is 0.612. The van der Waals surface area contributed by atoms with Crippen LogP contribution in [0.4, 0.5) is 0 Å². The fourth-order valence-electron chi connectivity index (χ4n) is 1.76. The smallest absolute Gasteiger partial charge is 0.0619 e. The van der Waals surface area contributed by atoms with Crippen molar-refractivity contribution in [2.45, 2.75) is 39.7 Å². The summed E-state index contributed by atoms with van der Waals surface area (Å²) in [5.41, 5.74) is 0. The highest BCUT2D eigenvalue weighted by Crippen LogP contribution is 2.11. The summed E-state index contributed by atoms with van der Waals surface area (Å²) in [6.45, 7) is 11.0. The van der Waals surface area contributed by atoms with Crippen LogP contribution in [0, 0.1) is 5.92 Å². The van der Waals surface area contributed by atoms with Gasteiger partial charge in [-0.05, 0) is 38.8 Å². The Labute approximate surface area is 82.3 Å². The summed E-state index contributed by atoms with van der Waals surface area (Å²) in [4.78, 5) is 2.53. The molecule has 0 saturated carbocycles. The first kappa shape index (κ1) is 11.0. The molecule has 78 valence electrons. The van der Waals surface area contributed by atoms with Gasteiger partial charge in [-0.25, -0.2) is 0 Å². The van der Waals surface area contributed by atoms with Gasteiger partial charge in [-0.1, -0.05) is 13.8 Å². The molecule has 1 unspecified atom stereocenters. The Hall–Kier alpha value is -0.0800. The maximum absolute atomic E-state index is 5.63. The Kier molecular flexibility index (Phi) is 4.74. The van der Waals surface area contributed by atoms with Gasteiger partial charge in [0.15, 0.2) is 0 Å². The fraction of sp³-hybridized carbons (Fsp3) is 1.00. The van der Waals surface area contributed by atoms with E-state index in [0.29, 0.717) is 12.0 Å². The zero-order valence-corrected chi connectivity index (χ0v) is 9.25. The van der Waals surface area contributed by atoms with Crippen LogP contribution < -0.4 is 0 Å². The van der Waals surface area contributed by atoms with Gasteiger partial charge in [-0.2, -0.15) is 0 Å². The highest BCUT2D eigenvalue weighted by atomic mass is 16.5. The highest BCUT2D eigenvalue weighted by Gasteiger charge is 2.17. The van der Waals surface area contributed by atoms with Crippen molar-refractivity contribution in [2.75, 3.05) is 26.3 Å². The maximum Gasteiger partial charge on any atom is 0.0619 e. The van der Waals surface area contributed by atoms with Gasteiger partial charge in [-0.3, -0.25) is 4.90 Å². The van der Waals surface area contributed by atoms with Crippen LogP contribution in [0.3, 0.4) is 0 Å². The number of hydrogen-bond acceptors (Lipinski definition) is 2. The molecule has 0 aromatic carbocycles. The molecule has 1 fully saturated rings. The first-order valence-electron chi connectivity index (χ1n) is 5.52. The summed E-state index contributed by atoms with van der Waals surface area (Å²) in [6, 6.07) is 0.612. The quantitative estimate of drug-likeness (QED) is 0.650. The van der Waals surface area contributed by atoms with Crippen molar-refractivity contribution in [1.82, 2.24) is 4.90 Å². The van der Waals surface area contributed by atoms with Crippen LogP contribution in [0.15, 0.2) is 0 Å². The average Bonchev–Trinajstić information content (AvgIpc) is 2.55. The van der Waals surface area contributed by atoms with Crippen LogP contribution in [0.25, 0.3) is 0 Å². The molecule has 1 atom stereocenters. The largest absolute Gasteiger partial charge is 0.380 e. The summed E-state index contributed by atoms with van der Waals surface area (Å²) in [5, 5.41) is 0. The Morgan fingerprint density at radius 1 is 1.08 bits per heavy atom. The Morgan fingerprint density at radius 2 is 1.69 bits per heavy atom. The molecule has 0 amide bonds. The zero-order chi connectivity index (χ0) is 9.68. The molecule has 0 bridgehead atoms. The Balaban J connectivity index is 2.06. The van der Waals surface area contributed by atoms with E-state index in [-0.39, 0.29) is 0 Å². The molecule has 13 heavy (non-hydrogen) atoms. The van der Waals surface area contributed by atoms with Crippen LogP contribution in [-0.4, -0.2) is 37.2 Å². The molecular formula is C11H23NO. The Bertz CT molecular complexity index is 130. The maximum atomic E-state index is 5.63. The lowest BCUT2D eigenvalue weighted by atomic mass is 10.2. The molecule has 1 heterocycles. The predicted octanol–water partition coefficient (Wildman–Crippen LogP) is 2.14. The molecule has 0 aromatic rings. The van der Waals surface area contributed by atoms with E-state index in [1.54, 1.807) is 0 Å². The predicted molar refractivity (Wildman–Crippen MR) is 55.9 cm³/mol. The molecule has 0 aromatic heterocycles. The normalized spacial score (nSPS) is 21.2. The van der Waals surface area contributed by atoms with Crippen LogP contribution in [-0.2, 0) is 4.74 Å². The fourth-order valence-corrected chi connectivity index (χ4v) is 1.76. The van der Waals surface area contributed by atoms with E-state index in [9.17, 15) is 0 Å². The number of likely N-dealkylation sites (tertiary alicyclic amines) is 1. The standard InChI is InChI=1S/C11H23NO/c1-10(2)8-13-9-11(3)12-6-4-5-7-12/h10-11H,4-9H2,1-3H3. The van der Waals surface area contributed by atoms with Gasteiger partial charge in [0.1, 0.15) is 0 Å².